The van der Waals surface area contributed by atoms with E-state index >= 15 is 0 Å². The van der Waals surface area contributed by atoms with Gasteiger partial charge >= 0.3 is 6.03 Å². The molecular formula is C24H30N4O5S. The van der Waals surface area contributed by atoms with Gasteiger partial charge in [-0.15, -0.1) is 0 Å². The van der Waals surface area contributed by atoms with Crippen molar-refractivity contribution in [3.05, 3.63) is 66.2 Å². The topological polar surface area (TPSA) is 99.3 Å². The first-order valence-electron chi connectivity index (χ1n) is 11.5. The zero-order valence-corrected chi connectivity index (χ0v) is 19.8. The lowest BCUT2D eigenvalue weighted by Gasteiger charge is -2.36. The summed E-state index contributed by atoms with van der Waals surface area (Å²) in [5, 5.41) is 2.91. The Balaban J connectivity index is 1.43. The summed E-state index contributed by atoms with van der Waals surface area (Å²) in [6.07, 6.45) is 0.359. The summed E-state index contributed by atoms with van der Waals surface area (Å²) in [4.78, 5) is 29.8. The molecule has 0 spiro atoms. The van der Waals surface area contributed by atoms with Gasteiger partial charge in [-0.3, -0.25) is 4.79 Å². The van der Waals surface area contributed by atoms with Gasteiger partial charge in [-0.25, -0.2) is 13.2 Å². The molecule has 0 saturated carbocycles. The monoisotopic (exact) mass is 486 g/mol. The molecule has 0 bridgehead atoms. The van der Waals surface area contributed by atoms with Crippen molar-refractivity contribution in [1.29, 1.82) is 0 Å². The van der Waals surface area contributed by atoms with Crippen LogP contribution in [0.2, 0.25) is 0 Å². The predicted octanol–water partition coefficient (Wildman–Crippen LogP) is 1.17. The van der Waals surface area contributed by atoms with Gasteiger partial charge in [0.2, 0.25) is 15.9 Å². The third-order valence-corrected chi connectivity index (χ3v) is 8.02. The lowest BCUT2D eigenvalue weighted by molar-refractivity contribution is -0.134. The van der Waals surface area contributed by atoms with Crippen LogP contribution >= 0.6 is 0 Å². The number of urea groups is 1. The van der Waals surface area contributed by atoms with Crippen molar-refractivity contribution >= 4 is 22.0 Å². The third kappa shape index (κ3) is 5.75. The Morgan fingerprint density at radius 3 is 2.03 bits per heavy atom. The highest BCUT2D eigenvalue weighted by molar-refractivity contribution is 7.89. The number of rotatable bonds is 6. The van der Waals surface area contributed by atoms with E-state index in [2.05, 4.69) is 5.32 Å². The zero-order chi connectivity index (χ0) is 24.0. The van der Waals surface area contributed by atoms with E-state index in [9.17, 15) is 18.0 Å². The van der Waals surface area contributed by atoms with Gasteiger partial charge in [0.05, 0.1) is 18.1 Å². The van der Waals surface area contributed by atoms with Crippen molar-refractivity contribution in [1.82, 2.24) is 19.4 Å². The molecule has 2 saturated heterocycles. The van der Waals surface area contributed by atoms with E-state index in [1.54, 1.807) is 40.1 Å². The molecule has 2 aromatic carbocycles. The van der Waals surface area contributed by atoms with Gasteiger partial charge in [-0.2, -0.15) is 4.31 Å². The molecule has 1 N–H and O–H groups in total. The number of sulfonamides is 1. The van der Waals surface area contributed by atoms with E-state index in [1.807, 2.05) is 30.3 Å². The number of carbonyl (C=O) groups excluding carboxylic acids is 2. The minimum absolute atomic E-state index is 0.206. The average molecular weight is 487 g/mol. The van der Waals surface area contributed by atoms with Crippen LogP contribution in [0.4, 0.5) is 4.79 Å². The second kappa shape index (κ2) is 11.0. The molecule has 2 aliphatic heterocycles. The number of piperazine rings is 1. The van der Waals surface area contributed by atoms with Crippen molar-refractivity contribution in [3.63, 3.8) is 0 Å². The summed E-state index contributed by atoms with van der Waals surface area (Å²) in [7, 11) is -3.61. The van der Waals surface area contributed by atoms with Crippen LogP contribution in [0.5, 0.6) is 0 Å². The molecule has 0 unspecified atom stereocenters. The summed E-state index contributed by atoms with van der Waals surface area (Å²) >= 11 is 0. The molecule has 2 aromatic rings. The Morgan fingerprint density at radius 2 is 1.41 bits per heavy atom. The summed E-state index contributed by atoms with van der Waals surface area (Å²) in [5.41, 5.74) is 0.938. The molecule has 0 radical (unpaired) electrons. The summed E-state index contributed by atoms with van der Waals surface area (Å²) in [6, 6.07) is 16.8. The first kappa shape index (κ1) is 24.2. The van der Waals surface area contributed by atoms with Gasteiger partial charge in [0, 0.05) is 45.7 Å². The highest BCUT2D eigenvalue weighted by Crippen LogP contribution is 2.18. The molecule has 2 fully saturated rings. The fourth-order valence-electron chi connectivity index (χ4n) is 4.17. The van der Waals surface area contributed by atoms with Crippen LogP contribution in [0.15, 0.2) is 65.6 Å². The lowest BCUT2D eigenvalue weighted by Crippen LogP contribution is -2.58. The van der Waals surface area contributed by atoms with Crippen molar-refractivity contribution in [2.24, 2.45) is 0 Å². The van der Waals surface area contributed by atoms with Crippen LogP contribution in [0.25, 0.3) is 0 Å². The number of amides is 3. The zero-order valence-electron chi connectivity index (χ0n) is 19.0. The SMILES string of the molecule is O=C(N[C@@H](Cc1ccccc1)C(=O)N1CCN(S(=O)(=O)c2ccccc2)CC1)N1CCOCC1. The molecule has 0 aromatic heterocycles. The van der Waals surface area contributed by atoms with Gasteiger partial charge in [0.25, 0.3) is 0 Å². The second-order valence-electron chi connectivity index (χ2n) is 8.33. The fourth-order valence-corrected chi connectivity index (χ4v) is 5.61. The molecule has 3 amide bonds. The number of carbonyl (C=O) groups is 2. The Hall–Kier alpha value is -2.95. The van der Waals surface area contributed by atoms with Crippen molar-refractivity contribution in [2.75, 3.05) is 52.5 Å². The minimum atomic E-state index is -3.61. The first-order valence-corrected chi connectivity index (χ1v) is 12.9. The molecule has 4 rings (SSSR count). The highest BCUT2D eigenvalue weighted by Gasteiger charge is 2.34. The van der Waals surface area contributed by atoms with Crippen LogP contribution in [-0.4, -0.2) is 93.0 Å². The van der Waals surface area contributed by atoms with Crippen molar-refractivity contribution < 1.29 is 22.7 Å². The highest BCUT2D eigenvalue weighted by atomic mass is 32.2. The molecule has 10 heteroatoms. The lowest BCUT2D eigenvalue weighted by atomic mass is 10.0. The Labute approximate surface area is 200 Å². The average Bonchev–Trinajstić information content (AvgIpc) is 2.89. The summed E-state index contributed by atoms with van der Waals surface area (Å²) < 4.78 is 32.5. The number of nitrogens with zero attached hydrogens (tertiary/aromatic N) is 3. The molecular weight excluding hydrogens is 456 g/mol. The number of benzene rings is 2. The van der Waals surface area contributed by atoms with E-state index in [0.717, 1.165) is 5.56 Å². The van der Waals surface area contributed by atoms with Crippen LogP contribution in [0, 0.1) is 0 Å². The molecule has 2 heterocycles. The molecule has 182 valence electrons. The first-order chi connectivity index (χ1) is 16.4. The number of nitrogens with one attached hydrogen (secondary N) is 1. The maximum Gasteiger partial charge on any atom is 0.318 e. The number of hydrogen-bond donors (Lipinski definition) is 1. The number of hydrogen-bond acceptors (Lipinski definition) is 5. The van der Waals surface area contributed by atoms with E-state index in [0.29, 0.717) is 32.7 Å². The van der Waals surface area contributed by atoms with Gasteiger partial charge in [0.1, 0.15) is 6.04 Å². The van der Waals surface area contributed by atoms with Crippen molar-refractivity contribution in [3.8, 4) is 0 Å². The summed E-state index contributed by atoms with van der Waals surface area (Å²) in [5.74, 6) is -0.206. The van der Waals surface area contributed by atoms with E-state index in [1.165, 1.54) is 4.31 Å². The Morgan fingerprint density at radius 1 is 0.824 bits per heavy atom. The van der Waals surface area contributed by atoms with Crippen molar-refractivity contribution in [2.45, 2.75) is 17.4 Å². The van der Waals surface area contributed by atoms with Crippen LogP contribution in [-0.2, 0) is 26.0 Å². The Kier molecular flexibility index (Phi) is 7.81. The molecule has 9 nitrogen and oxygen atoms in total. The molecule has 1 atom stereocenters. The van der Waals surface area contributed by atoms with Crippen LogP contribution in [0.3, 0.4) is 0 Å². The minimum Gasteiger partial charge on any atom is -0.378 e. The maximum atomic E-state index is 13.4. The maximum absolute atomic E-state index is 13.4. The van der Waals surface area contributed by atoms with E-state index in [-0.39, 0.29) is 43.0 Å². The largest absolute Gasteiger partial charge is 0.378 e. The van der Waals surface area contributed by atoms with E-state index in [4.69, 9.17) is 4.74 Å². The van der Waals surface area contributed by atoms with Gasteiger partial charge in [0.15, 0.2) is 0 Å². The van der Waals surface area contributed by atoms with Gasteiger partial charge in [-0.1, -0.05) is 48.5 Å². The second-order valence-corrected chi connectivity index (χ2v) is 10.3. The molecule has 0 aliphatic carbocycles. The fraction of sp³-hybridized carbons (Fsp3) is 0.417. The van der Waals surface area contributed by atoms with Crippen LogP contribution in [0.1, 0.15) is 5.56 Å². The van der Waals surface area contributed by atoms with E-state index < -0.39 is 16.1 Å². The van der Waals surface area contributed by atoms with Crippen LogP contribution < -0.4 is 5.32 Å². The summed E-state index contributed by atoms with van der Waals surface area (Å²) in [6.45, 7) is 2.86. The molecule has 2 aliphatic rings. The molecule has 34 heavy (non-hydrogen) atoms. The van der Waals surface area contributed by atoms with Gasteiger partial charge in [-0.05, 0) is 17.7 Å². The Bertz CT molecular complexity index is 1070. The number of morpholine rings is 1. The predicted molar refractivity (Wildman–Crippen MR) is 127 cm³/mol. The normalized spacial score (nSPS) is 18.4. The number of ether oxygens (including phenoxy) is 1. The standard InChI is InChI=1S/C24H30N4O5S/c29-23(26-11-13-28(14-12-26)34(31,32)21-9-5-2-6-10-21)22(19-20-7-3-1-4-8-20)25-24(30)27-15-17-33-18-16-27/h1-10,22H,11-19H2,(H,25,30)/t22-/m0/s1. The quantitative estimate of drug-likeness (QED) is 0.661. The van der Waals surface area contributed by atoms with Gasteiger partial charge < -0.3 is 19.9 Å². The third-order valence-electron chi connectivity index (χ3n) is 6.11. The smallest absolute Gasteiger partial charge is 0.318 e.